The van der Waals surface area contributed by atoms with Gasteiger partial charge >= 0.3 is 6.61 Å². The molecule has 32 heavy (non-hydrogen) atoms. The lowest BCUT2D eigenvalue weighted by Crippen LogP contribution is -2.54. The van der Waals surface area contributed by atoms with Gasteiger partial charge in [-0.2, -0.15) is 13.8 Å². The van der Waals surface area contributed by atoms with Crippen molar-refractivity contribution in [1.82, 2.24) is 31.2 Å². The average molecular weight is 446 g/mol. The molecule has 0 spiro atoms. The maximum Gasteiger partial charge on any atom is 0.387 e. The van der Waals surface area contributed by atoms with Gasteiger partial charge in [-0.25, -0.2) is 5.43 Å². The number of hydrogen-bond acceptors (Lipinski definition) is 8. The van der Waals surface area contributed by atoms with E-state index in [1.807, 2.05) is 5.01 Å². The number of piperidine rings is 1. The molecule has 2 unspecified atom stereocenters. The summed E-state index contributed by atoms with van der Waals surface area (Å²) >= 11 is 0. The Kier molecular flexibility index (Phi) is 5.75. The van der Waals surface area contributed by atoms with Crippen LogP contribution in [0.5, 0.6) is 5.75 Å². The van der Waals surface area contributed by atoms with Crippen LogP contribution in [0, 0.1) is 5.92 Å². The van der Waals surface area contributed by atoms with Gasteiger partial charge in [-0.1, -0.05) is 17.3 Å². The second-order valence-electron chi connectivity index (χ2n) is 8.13. The Morgan fingerprint density at radius 2 is 2.00 bits per heavy atom. The van der Waals surface area contributed by atoms with Gasteiger partial charge in [-0.3, -0.25) is 9.80 Å². The van der Waals surface area contributed by atoms with E-state index in [1.54, 1.807) is 18.2 Å². The number of allylic oxidation sites excluding steroid dienone is 1. The number of nitrogens with one attached hydrogen (secondary N) is 3. The molecule has 3 N–H and O–H groups in total. The number of halogens is 2. The highest BCUT2D eigenvalue weighted by Crippen LogP contribution is 2.34. The van der Waals surface area contributed by atoms with Crippen LogP contribution < -0.4 is 20.8 Å². The van der Waals surface area contributed by atoms with Crippen molar-refractivity contribution in [2.45, 2.75) is 38.0 Å². The van der Waals surface area contributed by atoms with E-state index >= 15 is 0 Å². The maximum atomic E-state index is 12.4. The van der Waals surface area contributed by atoms with Crippen LogP contribution in [0.15, 0.2) is 40.6 Å². The van der Waals surface area contributed by atoms with Crippen molar-refractivity contribution >= 4 is 5.91 Å². The molecule has 5 rings (SSSR count). The lowest BCUT2D eigenvalue weighted by atomic mass is 9.92. The van der Waals surface area contributed by atoms with Gasteiger partial charge in [0.05, 0.1) is 12.3 Å². The Labute approximate surface area is 183 Å². The lowest BCUT2D eigenvalue weighted by molar-refractivity contribution is -0.119. The second-order valence-corrected chi connectivity index (χ2v) is 8.13. The fourth-order valence-electron chi connectivity index (χ4n) is 4.51. The molecule has 1 aromatic heterocycles. The fourth-order valence-corrected chi connectivity index (χ4v) is 4.51. The van der Waals surface area contributed by atoms with E-state index in [0.29, 0.717) is 30.6 Å². The molecule has 2 atom stereocenters. The minimum atomic E-state index is -2.86. The van der Waals surface area contributed by atoms with Gasteiger partial charge in [0, 0.05) is 24.2 Å². The zero-order chi connectivity index (χ0) is 22.1. The molecule has 11 heteroatoms. The molecular weight excluding hydrogens is 422 g/mol. The number of alkyl halides is 2. The summed E-state index contributed by atoms with van der Waals surface area (Å²) in [5, 5.41) is 12.6. The number of hydrazine groups is 1. The van der Waals surface area contributed by atoms with Gasteiger partial charge in [0.25, 0.3) is 0 Å². The number of carbonyl (C=O) groups excluding carboxylic acids is 1. The number of ether oxygens (including phenoxy) is 1. The summed E-state index contributed by atoms with van der Waals surface area (Å²) < 4.78 is 34.4. The van der Waals surface area contributed by atoms with Crippen LogP contribution in [-0.2, 0) is 11.2 Å². The van der Waals surface area contributed by atoms with Crippen LogP contribution in [0.4, 0.5) is 8.78 Å². The first-order valence-electron chi connectivity index (χ1n) is 10.7. The Bertz CT molecular complexity index is 990. The Balaban J connectivity index is 1.27. The van der Waals surface area contributed by atoms with E-state index < -0.39 is 6.61 Å². The summed E-state index contributed by atoms with van der Waals surface area (Å²) in [7, 11) is 0. The zero-order valence-corrected chi connectivity index (χ0v) is 17.3. The van der Waals surface area contributed by atoms with Gasteiger partial charge in [-0.05, 0) is 43.6 Å². The zero-order valence-electron chi connectivity index (χ0n) is 17.3. The third-order valence-corrected chi connectivity index (χ3v) is 6.06. The third kappa shape index (κ3) is 4.30. The van der Waals surface area contributed by atoms with E-state index in [-0.39, 0.29) is 23.7 Å². The number of carbonyl (C=O) groups is 1. The quantitative estimate of drug-likeness (QED) is 0.614. The van der Waals surface area contributed by atoms with E-state index in [4.69, 9.17) is 4.52 Å². The molecule has 9 nitrogen and oxygen atoms in total. The van der Waals surface area contributed by atoms with Crippen molar-refractivity contribution in [3.63, 3.8) is 0 Å². The topological polar surface area (TPSA) is 105 Å². The number of benzene rings is 1. The van der Waals surface area contributed by atoms with Crippen molar-refractivity contribution in [2.24, 2.45) is 5.92 Å². The standard InChI is InChI=1S/C21H24F2N6O3/c22-21(23)31-14-3-1-12(2-4-14)9-18-27-19(28-32-18)15-11-25-29-16(10-17(30)26-20(15)29)13-5-7-24-8-6-13/h1-4,10,13,15,20-21,24-25H,5-9,11H2,(H,26,30). The summed E-state index contributed by atoms with van der Waals surface area (Å²) in [6.07, 6.45) is 3.74. The SMILES string of the molecule is O=C1C=C(C2CCNCC2)N2NCC(c3noc(Cc4ccc(OC(F)F)cc4)n3)C2N1. The summed E-state index contributed by atoms with van der Waals surface area (Å²) in [4.78, 5) is 16.9. The number of rotatable bonds is 6. The van der Waals surface area contributed by atoms with Crippen LogP contribution in [0.1, 0.15) is 36.0 Å². The van der Waals surface area contributed by atoms with Crippen molar-refractivity contribution in [3.05, 3.63) is 53.3 Å². The summed E-state index contributed by atoms with van der Waals surface area (Å²) in [6.45, 7) is -0.403. The first-order valence-corrected chi connectivity index (χ1v) is 10.7. The van der Waals surface area contributed by atoms with Crippen molar-refractivity contribution in [1.29, 1.82) is 0 Å². The van der Waals surface area contributed by atoms with Crippen LogP contribution in [-0.4, -0.2) is 53.5 Å². The van der Waals surface area contributed by atoms with Crippen molar-refractivity contribution in [3.8, 4) is 5.75 Å². The normalized spacial score (nSPS) is 23.8. The number of nitrogens with zero attached hydrogens (tertiary/aromatic N) is 3. The highest BCUT2D eigenvalue weighted by atomic mass is 19.3. The van der Waals surface area contributed by atoms with E-state index in [0.717, 1.165) is 37.2 Å². The van der Waals surface area contributed by atoms with Crippen molar-refractivity contribution in [2.75, 3.05) is 19.6 Å². The fraction of sp³-hybridized carbons (Fsp3) is 0.476. The molecule has 0 saturated carbocycles. The van der Waals surface area contributed by atoms with Gasteiger partial charge < -0.3 is 19.9 Å². The first kappa shape index (κ1) is 20.8. The largest absolute Gasteiger partial charge is 0.435 e. The molecule has 0 radical (unpaired) electrons. The molecule has 0 aliphatic carbocycles. The predicted molar refractivity (Wildman–Crippen MR) is 108 cm³/mol. The third-order valence-electron chi connectivity index (χ3n) is 6.06. The number of aromatic nitrogens is 2. The Morgan fingerprint density at radius 1 is 1.22 bits per heavy atom. The van der Waals surface area contributed by atoms with Gasteiger partial charge in [-0.15, -0.1) is 0 Å². The van der Waals surface area contributed by atoms with Crippen molar-refractivity contribution < 1.29 is 22.8 Å². The number of amides is 1. The molecular formula is C21H24F2N6O3. The lowest BCUT2D eigenvalue weighted by Gasteiger charge is -2.38. The smallest absolute Gasteiger partial charge is 0.387 e. The minimum absolute atomic E-state index is 0.0951. The molecule has 1 aromatic carbocycles. The Morgan fingerprint density at radius 3 is 2.75 bits per heavy atom. The second kappa shape index (κ2) is 8.83. The molecule has 2 aromatic rings. The number of hydrogen-bond donors (Lipinski definition) is 3. The van der Waals surface area contributed by atoms with Crippen LogP contribution in [0.2, 0.25) is 0 Å². The van der Waals surface area contributed by atoms with Gasteiger partial charge in [0.15, 0.2) is 5.82 Å². The molecule has 3 aliphatic rings. The molecule has 4 heterocycles. The summed E-state index contributed by atoms with van der Waals surface area (Å²) in [6, 6.07) is 6.31. The number of fused-ring (bicyclic) bond motifs is 1. The summed E-state index contributed by atoms with van der Waals surface area (Å²) in [5.74, 6) is 1.08. The summed E-state index contributed by atoms with van der Waals surface area (Å²) in [5.41, 5.74) is 5.23. The molecule has 0 bridgehead atoms. The monoisotopic (exact) mass is 446 g/mol. The molecule has 2 fully saturated rings. The van der Waals surface area contributed by atoms with Crippen LogP contribution in [0.25, 0.3) is 0 Å². The van der Waals surface area contributed by atoms with Gasteiger partial charge in [0.2, 0.25) is 11.8 Å². The minimum Gasteiger partial charge on any atom is -0.435 e. The maximum absolute atomic E-state index is 12.4. The Hall–Kier alpha value is -3.05. The van der Waals surface area contributed by atoms with Gasteiger partial charge in [0.1, 0.15) is 11.9 Å². The van der Waals surface area contributed by atoms with Crippen LogP contribution in [0.3, 0.4) is 0 Å². The van der Waals surface area contributed by atoms with Crippen LogP contribution >= 0.6 is 0 Å². The highest BCUT2D eigenvalue weighted by Gasteiger charge is 2.43. The first-order chi connectivity index (χ1) is 15.6. The molecule has 3 aliphatic heterocycles. The molecule has 2 saturated heterocycles. The van der Waals surface area contributed by atoms with E-state index in [9.17, 15) is 13.6 Å². The van der Waals surface area contributed by atoms with E-state index in [2.05, 4.69) is 30.9 Å². The average Bonchev–Trinajstić information content (AvgIpc) is 3.41. The van der Waals surface area contributed by atoms with E-state index in [1.165, 1.54) is 12.1 Å². The molecule has 170 valence electrons. The molecule has 1 amide bonds. The predicted octanol–water partition coefficient (Wildman–Crippen LogP) is 1.50. The highest BCUT2D eigenvalue weighted by molar-refractivity contribution is 5.89.